The standard InChI is InChI=1S/C7H10N2O3/c1-12-7(11)6(10)5-9-4-2-3-8-9/h2-4,6,10H,5H2,1H3/t6-/m1/s1. The van der Waals surface area contributed by atoms with Crippen LogP contribution < -0.4 is 0 Å². The molecule has 5 heteroatoms. The van der Waals surface area contributed by atoms with Gasteiger partial charge in [0.05, 0.1) is 13.7 Å². The molecule has 66 valence electrons. The summed E-state index contributed by atoms with van der Waals surface area (Å²) in [6.07, 6.45) is 2.09. The van der Waals surface area contributed by atoms with Crippen LogP contribution in [0.2, 0.25) is 0 Å². The zero-order valence-corrected chi connectivity index (χ0v) is 6.67. The van der Waals surface area contributed by atoms with E-state index in [0.717, 1.165) is 0 Å². The maximum atomic E-state index is 10.7. The summed E-state index contributed by atoms with van der Waals surface area (Å²) < 4.78 is 5.79. The third kappa shape index (κ3) is 2.06. The highest BCUT2D eigenvalue weighted by Gasteiger charge is 2.15. The van der Waals surface area contributed by atoms with E-state index in [2.05, 4.69) is 9.84 Å². The smallest absolute Gasteiger partial charge is 0.336 e. The first kappa shape index (κ1) is 8.73. The normalized spacial score (nSPS) is 12.5. The van der Waals surface area contributed by atoms with Gasteiger partial charge >= 0.3 is 5.97 Å². The molecule has 1 atom stereocenters. The van der Waals surface area contributed by atoms with Crippen LogP contribution in [0.25, 0.3) is 0 Å². The number of methoxy groups -OCH3 is 1. The molecule has 0 spiro atoms. The molecule has 0 aliphatic heterocycles. The van der Waals surface area contributed by atoms with Crippen molar-refractivity contribution >= 4 is 5.97 Å². The van der Waals surface area contributed by atoms with Gasteiger partial charge in [-0.05, 0) is 6.07 Å². The maximum Gasteiger partial charge on any atom is 0.336 e. The predicted molar refractivity (Wildman–Crippen MR) is 40.2 cm³/mol. The number of aliphatic hydroxyl groups excluding tert-OH is 1. The highest BCUT2D eigenvalue weighted by atomic mass is 16.5. The minimum atomic E-state index is -1.14. The Balaban J connectivity index is 2.47. The third-order valence-electron chi connectivity index (χ3n) is 1.39. The number of rotatable bonds is 3. The van der Waals surface area contributed by atoms with Gasteiger partial charge in [-0.15, -0.1) is 0 Å². The highest BCUT2D eigenvalue weighted by molar-refractivity contribution is 5.73. The van der Waals surface area contributed by atoms with Crippen LogP contribution in [0.1, 0.15) is 0 Å². The lowest BCUT2D eigenvalue weighted by molar-refractivity contribution is -0.151. The monoisotopic (exact) mass is 170 g/mol. The van der Waals surface area contributed by atoms with Gasteiger partial charge in [-0.2, -0.15) is 5.10 Å². The first-order chi connectivity index (χ1) is 5.74. The number of carbonyl (C=O) groups excluding carboxylic acids is 1. The van der Waals surface area contributed by atoms with Crippen LogP contribution in [0.4, 0.5) is 0 Å². The van der Waals surface area contributed by atoms with E-state index in [9.17, 15) is 4.79 Å². The lowest BCUT2D eigenvalue weighted by atomic mass is 10.4. The Morgan fingerprint density at radius 3 is 3.08 bits per heavy atom. The fourth-order valence-corrected chi connectivity index (χ4v) is 0.796. The SMILES string of the molecule is COC(=O)[C@H](O)Cn1cccn1. The summed E-state index contributed by atoms with van der Waals surface area (Å²) in [5.41, 5.74) is 0. The molecule has 0 aromatic carbocycles. The number of carbonyl (C=O) groups is 1. The lowest BCUT2D eigenvalue weighted by Crippen LogP contribution is -2.27. The molecule has 1 rings (SSSR count). The number of hydrogen-bond acceptors (Lipinski definition) is 4. The van der Waals surface area contributed by atoms with E-state index in [0.29, 0.717) is 0 Å². The van der Waals surface area contributed by atoms with Crippen molar-refractivity contribution in [2.24, 2.45) is 0 Å². The van der Waals surface area contributed by atoms with E-state index in [1.165, 1.54) is 11.8 Å². The third-order valence-corrected chi connectivity index (χ3v) is 1.39. The van der Waals surface area contributed by atoms with Gasteiger partial charge in [0.25, 0.3) is 0 Å². The van der Waals surface area contributed by atoms with Crippen molar-refractivity contribution in [3.8, 4) is 0 Å². The molecule has 0 saturated carbocycles. The molecule has 12 heavy (non-hydrogen) atoms. The average molecular weight is 170 g/mol. The van der Waals surface area contributed by atoms with Gasteiger partial charge in [-0.1, -0.05) is 0 Å². The van der Waals surface area contributed by atoms with Gasteiger partial charge in [0.1, 0.15) is 0 Å². The van der Waals surface area contributed by atoms with Gasteiger partial charge in [0.15, 0.2) is 6.10 Å². The van der Waals surface area contributed by atoms with Crippen LogP contribution in [0.3, 0.4) is 0 Å². The fourth-order valence-electron chi connectivity index (χ4n) is 0.796. The topological polar surface area (TPSA) is 64.3 Å². The Bertz CT molecular complexity index is 245. The van der Waals surface area contributed by atoms with E-state index >= 15 is 0 Å². The predicted octanol–water partition coefficient (Wildman–Crippen LogP) is -0.583. The molecule has 1 heterocycles. The van der Waals surface area contributed by atoms with Crippen molar-refractivity contribution in [2.45, 2.75) is 12.6 Å². The number of ether oxygens (including phenoxy) is 1. The molecule has 0 bridgehead atoms. The molecule has 0 unspecified atom stereocenters. The van der Waals surface area contributed by atoms with Crippen molar-refractivity contribution < 1.29 is 14.6 Å². The lowest BCUT2D eigenvalue weighted by Gasteiger charge is -2.07. The molecule has 0 fully saturated rings. The van der Waals surface area contributed by atoms with E-state index in [1.807, 2.05) is 0 Å². The Hall–Kier alpha value is -1.36. The summed E-state index contributed by atoms with van der Waals surface area (Å²) in [4.78, 5) is 10.7. The molecule has 0 amide bonds. The Morgan fingerprint density at radius 2 is 2.58 bits per heavy atom. The van der Waals surface area contributed by atoms with Crippen LogP contribution in [0.15, 0.2) is 18.5 Å². The number of aliphatic hydroxyl groups is 1. The molecule has 0 saturated heterocycles. The zero-order chi connectivity index (χ0) is 8.97. The quantitative estimate of drug-likeness (QED) is 0.616. The van der Waals surface area contributed by atoms with Crippen LogP contribution >= 0.6 is 0 Å². The first-order valence-electron chi connectivity index (χ1n) is 3.47. The van der Waals surface area contributed by atoms with Crippen LogP contribution in [0, 0.1) is 0 Å². The summed E-state index contributed by atoms with van der Waals surface area (Å²) in [5, 5.41) is 13.0. The van der Waals surface area contributed by atoms with Gasteiger partial charge in [-0.3, -0.25) is 4.68 Å². The van der Waals surface area contributed by atoms with E-state index in [4.69, 9.17) is 5.11 Å². The summed E-state index contributed by atoms with van der Waals surface area (Å²) >= 11 is 0. The van der Waals surface area contributed by atoms with Crippen LogP contribution in [-0.2, 0) is 16.1 Å². The van der Waals surface area contributed by atoms with Crippen molar-refractivity contribution in [1.29, 1.82) is 0 Å². The molecular formula is C7H10N2O3. The molecule has 0 aliphatic carbocycles. The Kier molecular flexibility index (Phi) is 2.82. The minimum Gasteiger partial charge on any atom is -0.467 e. The molecule has 1 N–H and O–H groups in total. The molecule has 1 aromatic heterocycles. The van der Waals surface area contributed by atoms with Crippen molar-refractivity contribution in [1.82, 2.24) is 9.78 Å². The van der Waals surface area contributed by atoms with Crippen molar-refractivity contribution in [2.75, 3.05) is 7.11 Å². The molecular weight excluding hydrogens is 160 g/mol. The summed E-state index contributed by atoms with van der Waals surface area (Å²) in [5.74, 6) is -0.648. The number of nitrogens with zero attached hydrogens (tertiary/aromatic N) is 2. The second kappa shape index (κ2) is 3.87. The largest absolute Gasteiger partial charge is 0.467 e. The van der Waals surface area contributed by atoms with Gasteiger partial charge in [0, 0.05) is 12.4 Å². The van der Waals surface area contributed by atoms with E-state index in [-0.39, 0.29) is 6.54 Å². The molecule has 0 aliphatic rings. The van der Waals surface area contributed by atoms with Gasteiger partial charge in [-0.25, -0.2) is 4.79 Å². The second-order valence-corrected chi connectivity index (χ2v) is 2.27. The summed E-state index contributed by atoms with van der Waals surface area (Å²) in [6.45, 7) is 0.125. The average Bonchev–Trinajstić information content (AvgIpc) is 2.55. The second-order valence-electron chi connectivity index (χ2n) is 2.27. The molecule has 0 radical (unpaired) electrons. The summed E-state index contributed by atoms with van der Waals surface area (Å²) in [7, 11) is 1.23. The summed E-state index contributed by atoms with van der Waals surface area (Å²) in [6, 6.07) is 1.71. The van der Waals surface area contributed by atoms with E-state index in [1.54, 1.807) is 18.5 Å². The molecule has 5 nitrogen and oxygen atoms in total. The van der Waals surface area contributed by atoms with Gasteiger partial charge < -0.3 is 9.84 Å². The van der Waals surface area contributed by atoms with Gasteiger partial charge in [0.2, 0.25) is 0 Å². The Labute approximate surface area is 69.6 Å². The minimum absolute atomic E-state index is 0.125. The van der Waals surface area contributed by atoms with Crippen molar-refractivity contribution in [3.63, 3.8) is 0 Å². The number of esters is 1. The zero-order valence-electron chi connectivity index (χ0n) is 6.67. The number of hydrogen-bond donors (Lipinski definition) is 1. The fraction of sp³-hybridized carbons (Fsp3) is 0.429. The van der Waals surface area contributed by atoms with E-state index < -0.39 is 12.1 Å². The maximum absolute atomic E-state index is 10.7. The van der Waals surface area contributed by atoms with Crippen molar-refractivity contribution in [3.05, 3.63) is 18.5 Å². The van der Waals surface area contributed by atoms with Crippen LogP contribution in [0.5, 0.6) is 0 Å². The molecule has 1 aromatic rings. The Morgan fingerprint density at radius 1 is 1.83 bits per heavy atom. The number of aromatic nitrogens is 2. The van der Waals surface area contributed by atoms with Crippen LogP contribution in [-0.4, -0.2) is 34.1 Å². The first-order valence-corrected chi connectivity index (χ1v) is 3.47. The highest BCUT2D eigenvalue weighted by Crippen LogP contribution is 1.92.